The molecule has 1 aliphatic carbocycles. The van der Waals surface area contributed by atoms with Crippen molar-refractivity contribution in [3.05, 3.63) is 36.9 Å². The Morgan fingerprint density at radius 2 is 2.04 bits per heavy atom. The van der Waals surface area contributed by atoms with Gasteiger partial charge in [-0.1, -0.05) is 6.92 Å². The van der Waals surface area contributed by atoms with Crippen molar-refractivity contribution in [3.63, 3.8) is 0 Å². The zero-order valence-corrected chi connectivity index (χ0v) is 15.5. The normalized spacial score (nSPS) is 25.6. The van der Waals surface area contributed by atoms with Crippen LogP contribution in [-0.4, -0.2) is 44.1 Å². The molecule has 0 aromatic carbocycles. The van der Waals surface area contributed by atoms with Crippen LogP contribution in [-0.2, 0) is 9.59 Å². The second-order valence-electron chi connectivity index (χ2n) is 7.69. The highest BCUT2D eigenvalue weighted by Crippen LogP contribution is 2.31. The number of carbonyl (C=O) groups is 2. The Bertz CT molecular complexity index is 812. The van der Waals surface area contributed by atoms with E-state index in [2.05, 4.69) is 22.3 Å². The van der Waals surface area contributed by atoms with Crippen LogP contribution in [0.4, 0.5) is 5.69 Å². The maximum atomic E-state index is 12.8. The molecule has 2 amide bonds. The Balaban J connectivity index is 1.43. The Kier molecular flexibility index (Phi) is 4.92. The molecule has 1 aliphatic heterocycles. The first kappa shape index (κ1) is 17.7. The van der Waals surface area contributed by atoms with E-state index < -0.39 is 0 Å². The zero-order chi connectivity index (χ0) is 18.8. The van der Waals surface area contributed by atoms with Gasteiger partial charge in [0, 0.05) is 37.6 Å². The average Bonchev–Trinajstić information content (AvgIpc) is 3.33. The van der Waals surface area contributed by atoms with E-state index in [1.807, 2.05) is 17.2 Å². The van der Waals surface area contributed by atoms with E-state index in [9.17, 15) is 9.59 Å². The number of hydrogen-bond donors (Lipinski definition) is 1. The van der Waals surface area contributed by atoms with Gasteiger partial charge in [0.2, 0.25) is 11.8 Å². The number of carbonyl (C=O) groups excluding carboxylic acids is 2. The third kappa shape index (κ3) is 3.72. The molecule has 1 N–H and O–H groups in total. The first-order valence-electron chi connectivity index (χ1n) is 9.66. The monoisotopic (exact) mass is 367 g/mol. The van der Waals surface area contributed by atoms with Gasteiger partial charge in [-0.3, -0.25) is 14.6 Å². The van der Waals surface area contributed by atoms with Gasteiger partial charge in [-0.2, -0.15) is 5.10 Å². The molecule has 1 unspecified atom stereocenters. The Morgan fingerprint density at radius 3 is 2.78 bits per heavy atom. The lowest BCUT2D eigenvalue weighted by molar-refractivity contribution is -0.130. The lowest BCUT2D eigenvalue weighted by atomic mass is 9.87. The van der Waals surface area contributed by atoms with Gasteiger partial charge in [-0.15, -0.1) is 0 Å². The molecule has 1 saturated carbocycles. The van der Waals surface area contributed by atoms with E-state index in [4.69, 9.17) is 0 Å². The van der Waals surface area contributed by atoms with Gasteiger partial charge >= 0.3 is 0 Å². The van der Waals surface area contributed by atoms with Crippen LogP contribution in [0, 0.1) is 11.8 Å². The highest BCUT2D eigenvalue weighted by Gasteiger charge is 2.38. The summed E-state index contributed by atoms with van der Waals surface area (Å²) >= 11 is 0. The first-order valence-corrected chi connectivity index (χ1v) is 9.66. The topological polar surface area (TPSA) is 80.1 Å². The van der Waals surface area contributed by atoms with Crippen LogP contribution >= 0.6 is 0 Å². The molecular formula is C20H25N5O2. The van der Waals surface area contributed by atoms with Crippen molar-refractivity contribution < 1.29 is 9.59 Å². The standard InChI is InChI=1S/C20H25N5O2/c1-14-3-5-16(6-4-14)24-13-15(11-19(24)26)20(27)23-17-12-21-9-7-18(17)25-10-2-8-22-25/h2,7-10,12,14-16H,3-6,11,13H2,1H3,(H,23,27). The summed E-state index contributed by atoms with van der Waals surface area (Å²) in [6.07, 6.45) is 11.5. The van der Waals surface area contributed by atoms with E-state index >= 15 is 0 Å². The summed E-state index contributed by atoms with van der Waals surface area (Å²) in [6.45, 7) is 2.78. The van der Waals surface area contributed by atoms with Crippen LogP contribution in [0.25, 0.3) is 5.69 Å². The Hall–Kier alpha value is -2.70. The predicted molar refractivity (Wildman–Crippen MR) is 101 cm³/mol. The fourth-order valence-electron chi connectivity index (χ4n) is 4.14. The highest BCUT2D eigenvalue weighted by atomic mass is 16.2. The second-order valence-corrected chi connectivity index (χ2v) is 7.69. The predicted octanol–water partition coefficient (Wildman–Crippen LogP) is 2.63. The zero-order valence-electron chi connectivity index (χ0n) is 15.5. The maximum absolute atomic E-state index is 12.8. The van der Waals surface area contributed by atoms with Crippen LogP contribution in [0.2, 0.25) is 0 Å². The molecule has 2 aromatic rings. The van der Waals surface area contributed by atoms with Gasteiger partial charge in [0.1, 0.15) is 0 Å². The molecule has 1 atom stereocenters. The molecule has 7 heteroatoms. The molecule has 7 nitrogen and oxygen atoms in total. The number of nitrogens with one attached hydrogen (secondary N) is 1. The quantitative estimate of drug-likeness (QED) is 0.901. The third-order valence-corrected chi connectivity index (χ3v) is 5.76. The minimum Gasteiger partial charge on any atom is -0.339 e. The largest absolute Gasteiger partial charge is 0.339 e. The van der Waals surface area contributed by atoms with Crippen molar-refractivity contribution in [2.24, 2.45) is 11.8 Å². The Morgan fingerprint density at radius 1 is 1.22 bits per heavy atom. The smallest absolute Gasteiger partial charge is 0.229 e. The van der Waals surface area contributed by atoms with E-state index in [1.54, 1.807) is 29.3 Å². The van der Waals surface area contributed by atoms with Crippen LogP contribution in [0.1, 0.15) is 39.0 Å². The molecule has 3 heterocycles. The second kappa shape index (κ2) is 7.50. The van der Waals surface area contributed by atoms with Crippen LogP contribution in [0.5, 0.6) is 0 Å². The molecule has 0 radical (unpaired) electrons. The number of anilines is 1. The fourth-order valence-corrected chi connectivity index (χ4v) is 4.14. The molecule has 0 bridgehead atoms. The van der Waals surface area contributed by atoms with Gasteiger partial charge in [-0.05, 0) is 43.7 Å². The van der Waals surface area contributed by atoms with Crippen LogP contribution in [0.3, 0.4) is 0 Å². The molecule has 4 rings (SSSR count). The van der Waals surface area contributed by atoms with Crippen molar-refractivity contribution in [3.8, 4) is 5.69 Å². The Labute approximate surface area is 158 Å². The van der Waals surface area contributed by atoms with Gasteiger partial charge in [0.15, 0.2) is 0 Å². The van der Waals surface area contributed by atoms with Crippen molar-refractivity contribution in [2.75, 3.05) is 11.9 Å². The van der Waals surface area contributed by atoms with E-state index in [0.29, 0.717) is 18.3 Å². The summed E-state index contributed by atoms with van der Waals surface area (Å²) in [5.41, 5.74) is 1.36. The summed E-state index contributed by atoms with van der Waals surface area (Å²) in [5, 5.41) is 7.17. The van der Waals surface area contributed by atoms with Gasteiger partial charge in [-0.25, -0.2) is 4.68 Å². The first-order chi connectivity index (χ1) is 13.1. The van der Waals surface area contributed by atoms with Crippen molar-refractivity contribution in [1.29, 1.82) is 0 Å². The van der Waals surface area contributed by atoms with Gasteiger partial charge in [0.25, 0.3) is 0 Å². The highest BCUT2D eigenvalue weighted by molar-refractivity contribution is 5.98. The molecule has 0 spiro atoms. The summed E-state index contributed by atoms with van der Waals surface area (Å²) in [7, 11) is 0. The summed E-state index contributed by atoms with van der Waals surface area (Å²) in [5.74, 6) is 0.400. The molecule has 2 aromatic heterocycles. The SMILES string of the molecule is CC1CCC(N2CC(C(=O)Nc3cnccc3-n3cccn3)CC2=O)CC1. The molecule has 1 saturated heterocycles. The van der Waals surface area contributed by atoms with E-state index in [0.717, 1.165) is 37.3 Å². The lowest BCUT2D eigenvalue weighted by Crippen LogP contribution is -2.39. The number of aromatic nitrogens is 3. The number of hydrogen-bond acceptors (Lipinski definition) is 4. The number of likely N-dealkylation sites (tertiary alicyclic amines) is 1. The van der Waals surface area contributed by atoms with E-state index in [-0.39, 0.29) is 24.2 Å². The molecule has 2 aliphatic rings. The molecule has 142 valence electrons. The summed E-state index contributed by atoms with van der Waals surface area (Å²) in [6, 6.07) is 3.92. The minimum absolute atomic E-state index is 0.105. The molecule has 27 heavy (non-hydrogen) atoms. The van der Waals surface area contributed by atoms with E-state index in [1.165, 1.54) is 0 Å². The lowest BCUT2D eigenvalue weighted by Gasteiger charge is -2.33. The van der Waals surface area contributed by atoms with Crippen molar-refractivity contribution in [1.82, 2.24) is 19.7 Å². The van der Waals surface area contributed by atoms with Crippen molar-refractivity contribution >= 4 is 17.5 Å². The number of amides is 2. The fraction of sp³-hybridized carbons (Fsp3) is 0.500. The minimum atomic E-state index is -0.317. The summed E-state index contributed by atoms with van der Waals surface area (Å²) < 4.78 is 1.69. The molecule has 2 fully saturated rings. The summed E-state index contributed by atoms with van der Waals surface area (Å²) in [4.78, 5) is 31.4. The number of nitrogens with zero attached hydrogens (tertiary/aromatic N) is 4. The maximum Gasteiger partial charge on any atom is 0.229 e. The third-order valence-electron chi connectivity index (χ3n) is 5.76. The number of pyridine rings is 1. The number of rotatable bonds is 4. The van der Waals surface area contributed by atoms with Gasteiger partial charge in [0.05, 0.1) is 23.5 Å². The van der Waals surface area contributed by atoms with Crippen LogP contribution in [0.15, 0.2) is 36.9 Å². The van der Waals surface area contributed by atoms with Gasteiger partial charge < -0.3 is 10.2 Å². The average molecular weight is 367 g/mol. The molecular weight excluding hydrogens is 342 g/mol. The van der Waals surface area contributed by atoms with Crippen LogP contribution < -0.4 is 5.32 Å². The van der Waals surface area contributed by atoms with Crippen molar-refractivity contribution in [2.45, 2.75) is 45.1 Å².